The predicted octanol–water partition coefficient (Wildman–Crippen LogP) is 3.89. The van der Waals surface area contributed by atoms with Crippen molar-refractivity contribution < 1.29 is 25.5 Å². The number of nitrogens with one attached hydrogen (secondary N) is 1. The fourth-order valence-corrected chi connectivity index (χ4v) is 7.58. The molecule has 4 heteroatoms. The van der Waals surface area contributed by atoms with Gasteiger partial charge in [0.25, 0.3) is 0 Å². The second-order valence-electron chi connectivity index (χ2n) is 6.96. The van der Waals surface area contributed by atoms with Gasteiger partial charge in [-0.3, -0.25) is 0 Å². The number of allylic oxidation sites excluding steroid dienone is 3. The van der Waals surface area contributed by atoms with E-state index in [1.807, 2.05) is 20.7 Å². The Morgan fingerprint density at radius 2 is 2.19 bits per heavy atom. The summed E-state index contributed by atoms with van der Waals surface area (Å²) in [6, 6.07) is 0. The first-order valence-corrected chi connectivity index (χ1v) is 12.1. The van der Waals surface area contributed by atoms with Crippen molar-refractivity contribution in [2.24, 2.45) is 11.3 Å². The first-order chi connectivity index (χ1) is 9.98. The quantitative estimate of drug-likeness (QED) is 0.774. The maximum absolute atomic E-state index is 13.0. The van der Waals surface area contributed by atoms with Crippen molar-refractivity contribution in [2.45, 2.75) is 64.6 Å². The summed E-state index contributed by atoms with van der Waals surface area (Å²) >= 11 is 1.82. The van der Waals surface area contributed by atoms with Gasteiger partial charge in [-0.15, -0.1) is 0 Å². The van der Waals surface area contributed by atoms with Crippen molar-refractivity contribution in [2.75, 3.05) is 0 Å². The van der Waals surface area contributed by atoms with Gasteiger partial charge < -0.3 is 0 Å². The van der Waals surface area contributed by atoms with Crippen LogP contribution < -0.4 is 3.80 Å². The van der Waals surface area contributed by atoms with Gasteiger partial charge in [-0.25, -0.2) is 0 Å². The molecule has 0 radical (unpaired) electrons. The fraction of sp³-hybridized carbons (Fsp3) is 0.706. The van der Waals surface area contributed by atoms with E-state index >= 15 is 0 Å². The summed E-state index contributed by atoms with van der Waals surface area (Å²) < 4.78 is 3.02. The second kappa shape index (κ2) is 6.97. The topological polar surface area (TPSA) is 29.1 Å². The second-order valence-corrected chi connectivity index (χ2v) is 10.6. The number of hydrogen-bond acceptors (Lipinski definition) is 1. The molecule has 1 N–H and O–H groups in total. The predicted molar refractivity (Wildman–Crippen MR) is 87.3 cm³/mol. The van der Waals surface area contributed by atoms with E-state index in [0.717, 1.165) is 12.8 Å². The molecular weight excluding hydrogens is 310 g/mol. The van der Waals surface area contributed by atoms with E-state index < -0.39 is 8.80 Å². The van der Waals surface area contributed by atoms with Crippen molar-refractivity contribution in [1.82, 2.24) is 3.80 Å². The molecule has 0 aromatic heterocycles. The molecule has 0 aromatic rings. The van der Waals surface area contributed by atoms with Gasteiger partial charge in [0, 0.05) is 0 Å². The molecule has 115 valence electrons. The van der Waals surface area contributed by atoms with Gasteiger partial charge in [-0.2, -0.15) is 0 Å². The van der Waals surface area contributed by atoms with Crippen LogP contribution in [0.25, 0.3) is 0 Å². The maximum atomic E-state index is 13.0. The van der Waals surface area contributed by atoms with E-state index in [0.29, 0.717) is 11.5 Å². The monoisotopic (exact) mass is 338 g/mol. The molecule has 2 aliphatic carbocycles. The molecule has 0 aromatic carbocycles. The number of hydrogen-bond donors (Lipinski definition) is 1. The Morgan fingerprint density at radius 1 is 1.48 bits per heavy atom. The third-order valence-corrected chi connectivity index (χ3v) is 8.41. The molecule has 3 unspecified atom stereocenters. The van der Waals surface area contributed by atoms with Crippen molar-refractivity contribution in [3.8, 4) is 0 Å². The molecule has 1 fully saturated rings. The number of amides is 1. The number of rotatable bonds is 4. The summed E-state index contributed by atoms with van der Waals surface area (Å²) in [6.45, 7) is 9.34. The van der Waals surface area contributed by atoms with Crippen molar-refractivity contribution in [3.05, 3.63) is 23.3 Å². The molecule has 0 heterocycles. The summed E-state index contributed by atoms with van der Waals surface area (Å²) in [6.07, 6.45) is 10.4. The van der Waals surface area contributed by atoms with Crippen LogP contribution in [0.4, 0.5) is 0 Å². The Bertz CT molecular complexity index is 471. The Hall–Kier alpha value is -0.119. The molecule has 0 aliphatic heterocycles. The first kappa shape index (κ1) is 17.2. The van der Waals surface area contributed by atoms with Gasteiger partial charge in [-0.05, 0) is 0 Å². The van der Waals surface area contributed by atoms with Crippen LogP contribution in [0.5, 0.6) is 0 Å². The zero-order valence-electron chi connectivity index (χ0n) is 13.8. The summed E-state index contributed by atoms with van der Waals surface area (Å²) in [4.78, 5) is 13.0. The first-order valence-electron chi connectivity index (χ1n) is 8.37. The van der Waals surface area contributed by atoms with Gasteiger partial charge >= 0.3 is 143 Å². The molecule has 3 atom stereocenters. The van der Waals surface area contributed by atoms with Crippen LogP contribution in [0.1, 0.15) is 46.0 Å². The molecule has 1 amide bonds. The van der Waals surface area contributed by atoms with Crippen molar-refractivity contribution in [3.63, 3.8) is 0 Å². The van der Waals surface area contributed by atoms with Crippen molar-refractivity contribution >= 4 is 14.7 Å². The van der Waals surface area contributed by atoms with Crippen molar-refractivity contribution in [1.29, 1.82) is 0 Å². The van der Waals surface area contributed by atoms with E-state index in [1.165, 1.54) is 30.4 Å². The molecule has 2 rings (SSSR count). The molecule has 0 bridgehead atoms. The average molecular weight is 338 g/mol. The Morgan fingerprint density at radius 3 is 2.76 bits per heavy atom. The van der Waals surface area contributed by atoms with E-state index in [1.54, 1.807) is 0 Å². The third-order valence-electron chi connectivity index (χ3n) is 5.54. The standard InChI is InChI=1S/C17H29NOSi.Ti/c1-5-13-10-9-12(2)15(13)17(16(18)19)11-7-6-8-14(17)20(3)4;/h9-10,12,14,20H,5-8,11H2,1-4H3,(H2,18,19);/q;+1/p-1. The third kappa shape index (κ3) is 2.89. The summed E-state index contributed by atoms with van der Waals surface area (Å²) in [5, 5.41) is 0. The Kier molecular flexibility index (Phi) is 5.72. The summed E-state index contributed by atoms with van der Waals surface area (Å²) in [7, 11) is -0.892. The average Bonchev–Trinajstić information content (AvgIpc) is 2.87. The Labute approximate surface area is 143 Å². The SMILES string of the molecule is CCC1=C(C2(C(=O)[NH][Ti])CCCCC2[SiH](C)C)C(C)C=C1. The minimum atomic E-state index is -0.892. The van der Waals surface area contributed by atoms with Gasteiger partial charge in [0.2, 0.25) is 0 Å². The van der Waals surface area contributed by atoms with Gasteiger partial charge in [-0.1, -0.05) is 0 Å². The summed E-state index contributed by atoms with van der Waals surface area (Å²) in [5.41, 5.74) is 3.26. The normalized spacial score (nSPS) is 32.8. The van der Waals surface area contributed by atoms with Crippen LogP contribution in [0.3, 0.4) is 0 Å². The minimum absolute atomic E-state index is 0.221. The van der Waals surface area contributed by atoms with Crippen LogP contribution in [0, 0.1) is 11.3 Å². The molecule has 0 saturated heterocycles. The number of carbonyl (C=O) groups is 1. The molecular formula is C17H28NOSiTi. The molecule has 1 saturated carbocycles. The van der Waals surface area contributed by atoms with Crippen LogP contribution in [0.2, 0.25) is 18.6 Å². The molecule has 2 nitrogen and oxygen atoms in total. The van der Waals surface area contributed by atoms with E-state index in [4.69, 9.17) is 0 Å². The van der Waals surface area contributed by atoms with Gasteiger partial charge in [0.1, 0.15) is 0 Å². The fourth-order valence-electron chi connectivity index (χ4n) is 4.69. The molecule has 0 spiro atoms. The van der Waals surface area contributed by atoms with Crippen LogP contribution in [-0.2, 0) is 25.5 Å². The van der Waals surface area contributed by atoms with Crippen LogP contribution in [-0.4, -0.2) is 14.7 Å². The summed E-state index contributed by atoms with van der Waals surface area (Å²) in [5.74, 6) is 0.704. The van der Waals surface area contributed by atoms with E-state index in [-0.39, 0.29) is 11.3 Å². The van der Waals surface area contributed by atoms with E-state index in [2.05, 4.69) is 42.9 Å². The van der Waals surface area contributed by atoms with Crippen LogP contribution >= 0.6 is 0 Å². The zero-order valence-corrected chi connectivity index (χ0v) is 16.5. The molecule has 21 heavy (non-hydrogen) atoms. The Balaban J connectivity index is 2.59. The zero-order chi connectivity index (χ0) is 15.6. The number of carbonyl (C=O) groups excluding carboxylic acids is 1. The molecule has 2 aliphatic rings. The van der Waals surface area contributed by atoms with Crippen LogP contribution in [0.15, 0.2) is 23.3 Å². The van der Waals surface area contributed by atoms with Gasteiger partial charge in [0.15, 0.2) is 0 Å². The van der Waals surface area contributed by atoms with Gasteiger partial charge in [0.05, 0.1) is 0 Å². The van der Waals surface area contributed by atoms with E-state index in [9.17, 15) is 4.79 Å².